The number of guanidine groups is 1. The SMILES string of the molecule is CN=C(NCC(C)(C)c1cccs1)N(C)Cc1csc(C(C)OC)n1. The largest absolute Gasteiger partial charge is 0.375 e. The first-order chi connectivity index (χ1) is 11.9. The van der Waals surface area contributed by atoms with Crippen LogP contribution in [0.4, 0.5) is 0 Å². The molecule has 1 unspecified atom stereocenters. The van der Waals surface area contributed by atoms with Gasteiger partial charge >= 0.3 is 0 Å². The van der Waals surface area contributed by atoms with Crippen LogP contribution in [0.25, 0.3) is 0 Å². The van der Waals surface area contributed by atoms with Crippen LogP contribution in [0.3, 0.4) is 0 Å². The van der Waals surface area contributed by atoms with Gasteiger partial charge in [0.1, 0.15) is 11.1 Å². The summed E-state index contributed by atoms with van der Waals surface area (Å²) in [5, 5.41) is 8.71. The maximum atomic E-state index is 5.33. The third-order valence-electron chi connectivity index (χ3n) is 4.12. The van der Waals surface area contributed by atoms with Crippen LogP contribution < -0.4 is 5.32 Å². The summed E-state index contributed by atoms with van der Waals surface area (Å²) in [5.41, 5.74) is 1.10. The average molecular weight is 381 g/mol. The van der Waals surface area contributed by atoms with Crippen LogP contribution >= 0.6 is 22.7 Å². The van der Waals surface area contributed by atoms with E-state index in [0.29, 0.717) is 6.54 Å². The molecule has 1 atom stereocenters. The fourth-order valence-corrected chi connectivity index (χ4v) is 4.13. The molecule has 0 aliphatic heterocycles. The normalized spacial score (nSPS) is 13.8. The molecule has 2 heterocycles. The molecule has 25 heavy (non-hydrogen) atoms. The Bertz CT molecular complexity index is 679. The van der Waals surface area contributed by atoms with Gasteiger partial charge in [0.2, 0.25) is 0 Å². The molecule has 0 aliphatic rings. The van der Waals surface area contributed by atoms with Crippen molar-refractivity contribution in [3.8, 4) is 0 Å². The molecule has 0 amide bonds. The minimum Gasteiger partial charge on any atom is -0.375 e. The van der Waals surface area contributed by atoms with Gasteiger partial charge in [-0.2, -0.15) is 0 Å². The Morgan fingerprint density at radius 3 is 2.80 bits per heavy atom. The molecule has 0 saturated heterocycles. The second kappa shape index (κ2) is 8.78. The first-order valence-electron chi connectivity index (χ1n) is 8.30. The van der Waals surface area contributed by atoms with Crippen molar-refractivity contribution in [1.82, 2.24) is 15.2 Å². The summed E-state index contributed by atoms with van der Waals surface area (Å²) in [6.45, 7) is 8.05. The molecule has 2 aromatic heterocycles. The fraction of sp³-hybridized carbons (Fsp3) is 0.556. The topological polar surface area (TPSA) is 49.8 Å². The molecule has 0 fully saturated rings. The van der Waals surface area contributed by atoms with Gasteiger partial charge in [0.15, 0.2) is 5.96 Å². The van der Waals surface area contributed by atoms with Crippen LogP contribution in [-0.4, -0.2) is 43.6 Å². The minimum absolute atomic E-state index is 0.0353. The molecule has 5 nitrogen and oxygen atoms in total. The fourth-order valence-electron chi connectivity index (χ4n) is 2.44. The lowest BCUT2D eigenvalue weighted by Crippen LogP contribution is -2.43. The third kappa shape index (κ3) is 5.26. The summed E-state index contributed by atoms with van der Waals surface area (Å²) in [7, 11) is 5.56. The molecule has 0 spiro atoms. The number of aliphatic imine (C=N–C) groups is 1. The van der Waals surface area contributed by atoms with Crippen molar-refractivity contribution in [2.45, 2.75) is 38.8 Å². The van der Waals surface area contributed by atoms with Gasteiger partial charge in [-0.25, -0.2) is 4.98 Å². The summed E-state index contributed by atoms with van der Waals surface area (Å²) < 4.78 is 5.33. The van der Waals surface area contributed by atoms with Gasteiger partial charge in [-0.1, -0.05) is 19.9 Å². The number of hydrogen-bond acceptors (Lipinski definition) is 5. The maximum absolute atomic E-state index is 5.33. The quantitative estimate of drug-likeness (QED) is 0.585. The van der Waals surface area contributed by atoms with E-state index in [0.717, 1.165) is 23.2 Å². The van der Waals surface area contributed by atoms with Crippen molar-refractivity contribution in [3.05, 3.63) is 38.5 Å². The van der Waals surface area contributed by atoms with E-state index in [2.05, 4.69) is 56.9 Å². The van der Waals surface area contributed by atoms with E-state index in [1.807, 2.05) is 21.0 Å². The van der Waals surface area contributed by atoms with Gasteiger partial charge in [-0.15, -0.1) is 22.7 Å². The highest BCUT2D eigenvalue weighted by Gasteiger charge is 2.22. The Balaban J connectivity index is 1.95. The van der Waals surface area contributed by atoms with E-state index in [4.69, 9.17) is 4.74 Å². The highest BCUT2D eigenvalue weighted by atomic mass is 32.1. The van der Waals surface area contributed by atoms with Crippen molar-refractivity contribution in [2.24, 2.45) is 4.99 Å². The Hall–Kier alpha value is -1.44. The molecular formula is C18H28N4OS2. The minimum atomic E-state index is 0.0353. The zero-order valence-electron chi connectivity index (χ0n) is 15.9. The third-order valence-corrected chi connectivity index (χ3v) is 6.41. The number of hydrogen-bond donors (Lipinski definition) is 1. The molecule has 0 aliphatic carbocycles. The van der Waals surface area contributed by atoms with Crippen LogP contribution in [0.15, 0.2) is 27.9 Å². The molecule has 2 aromatic rings. The van der Waals surface area contributed by atoms with Crippen LogP contribution in [0, 0.1) is 0 Å². The molecular weight excluding hydrogens is 352 g/mol. The number of thiazole rings is 1. The summed E-state index contributed by atoms with van der Waals surface area (Å²) in [6.07, 6.45) is 0.0353. The number of rotatable bonds is 7. The maximum Gasteiger partial charge on any atom is 0.193 e. The second-order valence-corrected chi connectivity index (χ2v) is 8.51. The first kappa shape index (κ1) is 19.9. The molecule has 2 rings (SSSR count). The van der Waals surface area contributed by atoms with E-state index in [1.165, 1.54) is 4.88 Å². The van der Waals surface area contributed by atoms with Crippen molar-refractivity contribution in [3.63, 3.8) is 0 Å². The highest BCUT2D eigenvalue weighted by Crippen LogP contribution is 2.26. The average Bonchev–Trinajstić information content (AvgIpc) is 3.26. The monoisotopic (exact) mass is 380 g/mol. The Morgan fingerprint density at radius 2 is 2.20 bits per heavy atom. The van der Waals surface area contributed by atoms with Crippen molar-refractivity contribution < 1.29 is 4.74 Å². The van der Waals surface area contributed by atoms with E-state index in [1.54, 1.807) is 29.8 Å². The van der Waals surface area contributed by atoms with Crippen molar-refractivity contribution in [1.29, 1.82) is 0 Å². The Labute approximate surface area is 158 Å². The number of nitrogens with one attached hydrogen (secondary N) is 1. The van der Waals surface area contributed by atoms with Crippen LogP contribution in [-0.2, 0) is 16.7 Å². The van der Waals surface area contributed by atoms with Gasteiger partial charge < -0.3 is 15.0 Å². The summed E-state index contributed by atoms with van der Waals surface area (Å²) >= 11 is 3.43. The van der Waals surface area contributed by atoms with Crippen LogP contribution in [0.1, 0.15) is 42.5 Å². The van der Waals surface area contributed by atoms with Crippen molar-refractivity contribution in [2.75, 3.05) is 27.7 Å². The molecule has 138 valence electrons. The van der Waals surface area contributed by atoms with E-state index >= 15 is 0 Å². The number of methoxy groups -OCH3 is 1. The van der Waals surface area contributed by atoms with Gasteiger partial charge in [-0.3, -0.25) is 4.99 Å². The van der Waals surface area contributed by atoms with Gasteiger partial charge in [0.05, 0.1) is 12.2 Å². The Kier molecular flexibility index (Phi) is 6.98. The zero-order chi connectivity index (χ0) is 18.4. The molecule has 7 heteroatoms. The summed E-state index contributed by atoms with van der Waals surface area (Å²) in [6, 6.07) is 4.29. The molecule has 0 radical (unpaired) electrons. The van der Waals surface area contributed by atoms with E-state index in [-0.39, 0.29) is 11.5 Å². The second-order valence-electron chi connectivity index (χ2n) is 6.67. The van der Waals surface area contributed by atoms with Gasteiger partial charge in [-0.05, 0) is 18.4 Å². The van der Waals surface area contributed by atoms with Crippen LogP contribution in [0.2, 0.25) is 0 Å². The lowest BCUT2D eigenvalue weighted by molar-refractivity contribution is 0.119. The summed E-state index contributed by atoms with van der Waals surface area (Å²) in [5.74, 6) is 0.874. The van der Waals surface area contributed by atoms with Gasteiger partial charge in [0.25, 0.3) is 0 Å². The van der Waals surface area contributed by atoms with Crippen LogP contribution in [0.5, 0.6) is 0 Å². The molecule has 1 N–H and O–H groups in total. The van der Waals surface area contributed by atoms with E-state index in [9.17, 15) is 0 Å². The number of ether oxygens (including phenoxy) is 1. The van der Waals surface area contributed by atoms with Crippen molar-refractivity contribution >= 4 is 28.6 Å². The lowest BCUT2D eigenvalue weighted by Gasteiger charge is -2.28. The first-order valence-corrected chi connectivity index (χ1v) is 10.1. The lowest BCUT2D eigenvalue weighted by atomic mass is 9.91. The predicted molar refractivity (Wildman–Crippen MR) is 108 cm³/mol. The standard InChI is InChI=1S/C18H28N4OS2/c1-13(23-6)16-21-14(11-25-16)10-22(5)17(19-4)20-12-18(2,3)15-8-7-9-24-15/h7-9,11,13H,10,12H2,1-6H3,(H,19,20). The smallest absolute Gasteiger partial charge is 0.193 e. The molecule has 0 bridgehead atoms. The Morgan fingerprint density at radius 1 is 1.44 bits per heavy atom. The zero-order valence-corrected chi connectivity index (χ0v) is 17.5. The molecule has 0 aromatic carbocycles. The predicted octanol–water partition coefficient (Wildman–Crippen LogP) is 3.90. The number of nitrogens with zero attached hydrogens (tertiary/aromatic N) is 3. The van der Waals surface area contributed by atoms with E-state index < -0.39 is 0 Å². The molecule has 0 saturated carbocycles. The summed E-state index contributed by atoms with van der Waals surface area (Å²) in [4.78, 5) is 12.5. The van der Waals surface area contributed by atoms with Gasteiger partial charge in [0, 0.05) is 43.4 Å². The number of thiophene rings is 1. The highest BCUT2D eigenvalue weighted by molar-refractivity contribution is 7.10. The number of aromatic nitrogens is 1.